The number of carboxylic acids is 1. The van der Waals surface area contributed by atoms with Gasteiger partial charge in [-0.25, -0.2) is 14.5 Å². The molecule has 9 heteroatoms. The molecule has 0 saturated heterocycles. The second kappa shape index (κ2) is 5.81. The quantitative estimate of drug-likeness (QED) is 0.812. The van der Waals surface area contributed by atoms with Gasteiger partial charge in [0.2, 0.25) is 0 Å². The SMILES string of the molecule is O=C(O)CSc1n[nH]c(=O)n1-c1cccc(Cl)c1Br. The number of halogens is 2. The molecular formula is C10H7BrClN3O3S. The first-order valence-corrected chi connectivity index (χ1v) is 7.12. The van der Waals surface area contributed by atoms with E-state index in [2.05, 4.69) is 26.1 Å². The second-order valence-corrected chi connectivity index (χ2v) is 5.54. The molecule has 0 bridgehead atoms. The van der Waals surface area contributed by atoms with Crippen molar-refractivity contribution in [3.05, 3.63) is 38.2 Å². The summed E-state index contributed by atoms with van der Waals surface area (Å²) in [4.78, 5) is 22.3. The fourth-order valence-electron chi connectivity index (χ4n) is 1.38. The predicted octanol–water partition coefficient (Wildman–Crippen LogP) is 2.15. The summed E-state index contributed by atoms with van der Waals surface area (Å²) in [7, 11) is 0. The third-order valence-electron chi connectivity index (χ3n) is 2.14. The van der Waals surface area contributed by atoms with Crippen molar-refractivity contribution in [3.8, 4) is 5.69 Å². The molecule has 0 unspecified atom stereocenters. The van der Waals surface area contributed by atoms with Crippen LogP contribution >= 0.6 is 39.3 Å². The zero-order chi connectivity index (χ0) is 14.0. The molecule has 0 spiro atoms. The Labute approximate surface area is 124 Å². The minimum absolute atomic E-state index is 0.192. The minimum Gasteiger partial charge on any atom is -0.481 e. The van der Waals surface area contributed by atoms with E-state index in [-0.39, 0.29) is 10.9 Å². The monoisotopic (exact) mass is 363 g/mol. The predicted molar refractivity (Wildman–Crippen MR) is 75.3 cm³/mol. The number of H-pyrrole nitrogens is 1. The summed E-state index contributed by atoms with van der Waals surface area (Å²) < 4.78 is 1.81. The van der Waals surface area contributed by atoms with E-state index >= 15 is 0 Å². The number of carbonyl (C=O) groups is 1. The van der Waals surface area contributed by atoms with Crippen LogP contribution in [0, 0.1) is 0 Å². The van der Waals surface area contributed by atoms with Crippen LogP contribution in [0.1, 0.15) is 0 Å². The van der Waals surface area contributed by atoms with Crippen LogP contribution in [0.3, 0.4) is 0 Å². The van der Waals surface area contributed by atoms with Crippen LogP contribution in [0.2, 0.25) is 5.02 Å². The highest BCUT2D eigenvalue weighted by molar-refractivity contribution is 9.10. The lowest BCUT2D eigenvalue weighted by Crippen LogP contribution is -2.16. The summed E-state index contributed by atoms with van der Waals surface area (Å²) in [5, 5.41) is 15.5. The van der Waals surface area contributed by atoms with Gasteiger partial charge in [-0.1, -0.05) is 29.4 Å². The molecule has 1 aromatic carbocycles. The highest BCUT2D eigenvalue weighted by Crippen LogP contribution is 2.30. The summed E-state index contributed by atoms with van der Waals surface area (Å²) in [5.74, 6) is -1.18. The van der Waals surface area contributed by atoms with Crippen molar-refractivity contribution in [1.82, 2.24) is 14.8 Å². The molecule has 0 aliphatic rings. The Morgan fingerprint density at radius 1 is 1.58 bits per heavy atom. The third kappa shape index (κ3) is 3.02. The van der Waals surface area contributed by atoms with Gasteiger partial charge in [-0.15, -0.1) is 5.10 Å². The number of nitrogens with zero attached hydrogens (tertiary/aromatic N) is 2. The molecule has 1 aromatic heterocycles. The Bertz CT molecular complexity index is 685. The summed E-state index contributed by atoms with van der Waals surface area (Å²) in [6.07, 6.45) is 0. The van der Waals surface area contributed by atoms with Crippen LogP contribution < -0.4 is 5.69 Å². The summed E-state index contributed by atoms with van der Waals surface area (Å²) in [6, 6.07) is 5.04. The van der Waals surface area contributed by atoms with Crippen LogP contribution in [0.4, 0.5) is 0 Å². The zero-order valence-electron chi connectivity index (χ0n) is 9.26. The number of carboxylic acid groups (broad SMARTS) is 1. The molecule has 19 heavy (non-hydrogen) atoms. The maximum atomic E-state index is 11.8. The van der Waals surface area contributed by atoms with Crippen molar-refractivity contribution in [2.75, 3.05) is 5.75 Å². The summed E-state index contributed by atoms with van der Waals surface area (Å²) >= 11 is 10.2. The molecule has 0 radical (unpaired) electrons. The fraction of sp³-hybridized carbons (Fsp3) is 0.100. The number of nitrogens with one attached hydrogen (secondary N) is 1. The summed E-state index contributed by atoms with van der Waals surface area (Å²) in [6.45, 7) is 0. The van der Waals surface area contributed by atoms with Crippen LogP contribution in [-0.4, -0.2) is 31.6 Å². The van der Waals surface area contributed by atoms with Gasteiger partial charge < -0.3 is 5.11 Å². The van der Waals surface area contributed by atoms with Gasteiger partial charge >= 0.3 is 11.7 Å². The molecule has 2 rings (SSSR count). The number of thioether (sulfide) groups is 1. The lowest BCUT2D eigenvalue weighted by molar-refractivity contribution is -0.133. The van der Waals surface area contributed by atoms with E-state index in [9.17, 15) is 9.59 Å². The average molecular weight is 365 g/mol. The van der Waals surface area contributed by atoms with Crippen LogP contribution in [0.5, 0.6) is 0 Å². The molecule has 2 aromatic rings. The van der Waals surface area contributed by atoms with Crippen molar-refractivity contribution in [3.63, 3.8) is 0 Å². The normalized spacial score (nSPS) is 10.6. The molecule has 0 saturated carbocycles. The van der Waals surface area contributed by atoms with Crippen molar-refractivity contribution < 1.29 is 9.90 Å². The summed E-state index contributed by atoms with van der Waals surface area (Å²) in [5.41, 5.74) is 0.0370. The molecule has 1 heterocycles. The Morgan fingerprint density at radius 2 is 2.32 bits per heavy atom. The van der Waals surface area contributed by atoms with Gasteiger partial charge in [-0.3, -0.25) is 4.79 Å². The standard InChI is InChI=1S/C10H7BrClN3O3S/c11-8-5(12)2-1-3-6(8)15-9(18)13-14-10(15)19-4-7(16)17/h1-3H,4H2,(H,13,18)(H,16,17). The van der Waals surface area contributed by atoms with Gasteiger partial charge in [-0.2, -0.15) is 0 Å². The van der Waals surface area contributed by atoms with Gasteiger partial charge in [0.15, 0.2) is 5.16 Å². The topological polar surface area (TPSA) is 88.0 Å². The first kappa shape index (κ1) is 14.2. The van der Waals surface area contributed by atoms with Crippen LogP contribution in [0.15, 0.2) is 32.6 Å². The molecule has 0 fully saturated rings. The van der Waals surface area contributed by atoms with Crippen molar-refractivity contribution in [2.24, 2.45) is 0 Å². The highest BCUT2D eigenvalue weighted by atomic mass is 79.9. The first-order chi connectivity index (χ1) is 9.00. The number of aromatic nitrogens is 3. The molecule has 100 valence electrons. The molecule has 0 amide bonds. The number of benzene rings is 1. The molecular weight excluding hydrogens is 358 g/mol. The van der Waals surface area contributed by atoms with E-state index in [1.807, 2.05) is 0 Å². The molecule has 0 aliphatic carbocycles. The number of hydrogen-bond donors (Lipinski definition) is 2. The number of rotatable bonds is 4. The number of hydrogen-bond acceptors (Lipinski definition) is 4. The number of aliphatic carboxylic acids is 1. The lowest BCUT2D eigenvalue weighted by atomic mass is 10.3. The Balaban J connectivity index is 2.49. The van der Waals surface area contributed by atoms with E-state index in [0.717, 1.165) is 11.8 Å². The van der Waals surface area contributed by atoms with Crippen molar-refractivity contribution >= 4 is 45.3 Å². The van der Waals surface area contributed by atoms with E-state index < -0.39 is 11.7 Å². The smallest absolute Gasteiger partial charge is 0.348 e. The van der Waals surface area contributed by atoms with Gasteiger partial charge in [-0.05, 0) is 28.1 Å². The van der Waals surface area contributed by atoms with E-state index in [1.165, 1.54) is 4.57 Å². The third-order valence-corrected chi connectivity index (χ3v) is 4.44. The average Bonchev–Trinajstić information content (AvgIpc) is 2.72. The highest BCUT2D eigenvalue weighted by Gasteiger charge is 2.15. The first-order valence-electron chi connectivity index (χ1n) is 4.97. The van der Waals surface area contributed by atoms with Gasteiger partial charge in [0.1, 0.15) is 0 Å². The van der Waals surface area contributed by atoms with E-state index in [1.54, 1.807) is 18.2 Å². The largest absolute Gasteiger partial charge is 0.481 e. The van der Waals surface area contributed by atoms with Gasteiger partial charge in [0, 0.05) is 0 Å². The molecule has 0 atom stereocenters. The number of aromatic amines is 1. The minimum atomic E-state index is -0.989. The Hall–Kier alpha value is -1.25. The maximum absolute atomic E-state index is 11.8. The van der Waals surface area contributed by atoms with Crippen molar-refractivity contribution in [2.45, 2.75) is 5.16 Å². The fourth-order valence-corrected chi connectivity index (χ4v) is 2.67. The van der Waals surface area contributed by atoms with E-state index in [0.29, 0.717) is 15.2 Å². The zero-order valence-corrected chi connectivity index (χ0v) is 12.4. The van der Waals surface area contributed by atoms with Gasteiger partial charge in [0.05, 0.1) is 20.9 Å². The molecule has 0 aliphatic heterocycles. The van der Waals surface area contributed by atoms with E-state index in [4.69, 9.17) is 16.7 Å². The Kier molecular flexibility index (Phi) is 4.33. The van der Waals surface area contributed by atoms with Crippen LogP contribution in [0.25, 0.3) is 5.69 Å². The molecule has 2 N–H and O–H groups in total. The Morgan fingerprint density at radius 3 is 3.00 bits per heavy atom. The van der Waals surface area contributed by atoms with Crippen LogP contribution in [-0.2, 0) is 4.79 Å². The molecule has 6 nitrogen and oxygen atoms in total. The van der Waals surface area contributed by atoms with Crippen molar-refractivity contribution in [1.29, 1.82) is 0 Å². The van der Waals surface area contributed by atoms with Gasteiger partial charge in [0.25, 0.3) is 0 Å². The second-order valence-electron chi connectivity index (χ2n) is 3.40. The lowest BCUT2D eigenvalue weighted by Gasteiger charge is -2.07. The maximum Gasteiger partial charge on any atom is 0.348 e.